The van der Waals surface area contributed by atoms with Crippen molar-refractivity contribution in [2.24, 2.45) is 0 Å². The minimum atomic E-state index is 0.711. The monoisotopic (exact) mass is 292 g/mol. The number of rotatable bonds is 3. The van der Waals surface area contributed by atoms with Crippen LogP contribution in [0.1, 0.15) is 5.56 Å². The Kier molecular flexibility index (Phi) is 3.58. The van der Waals surface area contributed by atoms with E-state index in [1.165, 1.54) is 5.56 Å². The van der Waals surface area contributed by atoms with E-state index in [-0.39, 0.29) is 0 Å². The Balaban J connectivity index is 2.28. The quantitative estimate of drug-likeness (QED) is 0.911. The number of hydrogen-bond donors (Lipinski definition) is 2. The first-order valence-electron chi connectivity index (χ1n) is 5.22. The zero-order valence-corrected chi connectivity index (χ0v) is 11.2. The zero-order valence-electron chi connectivity index (χ0n) is 9.66. The largest absolute Gasteiger partial charge is 0.372 e. The van der Waals surface area contributed by atoms with Crippen molar-refractivity contribution in [1.29, 1.82) is 0 Å². The van der Waals surface area contributed by atoms with Gasteiger partial charge >= 0.3 is 0 Å². The molecule has 0 unspecified atom stereocenters. The van der Waals surface area contributed by atoms with Gasteiger partial charge in [0.2, 0.25) is 0 Å². The standard InChI is InChI=1S/C12H13BrN4/c1-8-4-3-5-9(12(8)13)16-11-7-15-6-10(14-2)17-11/h3-7H,1-2H3,(H2,14,16,17). The lowest BCUT2D eigenvalue weighted by atomic mass is 10.2. The number of anilines is 3. The van der Waals surface area contributed by atoms with Gasteiger partial charge in [0.15, 0.2) is 5.82 Å². The molecule has 0 amide bonds. The van der Waals surface area contributed by atoms with Gasteiger partial charge in [0.25, 0.3) is 0 Å². The summed E-state index contributed by atoms with van der Waals surface area (Å²) in [5.41, 5.74) is 2.15. The smallest absolute Gasteiger partial charge is 0.151 e. The van der Waals surface area contributed by atoms with Gasteiger partial charge in [-0.3, -0.25) is 4.98 Å². The highest BCUT2D eigenvalue weighted by Crippen LogP contribution is 2.27. The fourth-order valence-corrected chi connectivity index (χ4v) is 1.79. The van der Waals surface area contributed by atoms with Gasteiger partial charge in [-0.05, 0) is 34.5 Å². The van der Waals surface area contributed by atoms with Crippen molar-refractivity contribution in [2.75, 3.05) is 17.7 Å². The molecular weight excluding hydrogens is 280 g/mol. The summed E-state index contributed by atoms with van der Waals surface area (Å²) >= 11 is 3.55. The summed E-state index contributed by atoms with van der Waals surface area (Å²) in [5, 5.41) is 6.18. The third-order valence-electron chi connectivity index (χ3n) is 2.35. The van der Waals surface area contributed by atoms with Crippen molar-refractivity contribution in [3.8, 4) is 0 Å². The Morgan fingerprint density at radius 3 is 2.71 bits per heavy atom. The van der Waals surface area contributed by atoms with Gasteiger partial charge in [-0.1, -0.05) is 12.1 Å². The molecule has 2 aromatic rings. The summed E-state index contributed by atoms with van der Waals surface area (Å²) < 4.78 is 1.04. The van der Waals surface area contributed by atoms with E-state index in [4.69, 9.17) is 0 Å². The van der Waals surface area contributed by atoms with Gasteiger partial charge in [-0.25, -0.2) is 4.98 Å². The highest BCUT2D eigenvalue weighted by molar-refractivity contribution is 9.10. The minimum Gasteiger partial charge on any atom is -0.372 e. The number of nitrogens with one attached hydrogen (secondary N) is 2. The molecule has 5 heteroatoms. The topological polar surface area (TPSA) is 49.8 Å². The Labute approximate surface area is 109 Å². The van der Waals surface area contributed by atoms with E-state index in [0.29, 0.717) is 5.82 Å². The molecule has 0 radical (unpaired) electrons. The van der Waals surface area contributed by atoms with Gasteiger partial charge in [-0.15, -0.1) is 0 Å². The van der Waals surface area contributed by atoms with Crippen molar-refractivity contribution in [3.63, 3.8) is 0 Å². The number of nitrogens with zero attached hydrogens (tertiary/aromatic N) is 2. The average Bonchev–Trinajstić information content (AvgIpc) is 2.35. The maximum Gasteiger partial charge on any atom is 0.151 e. The maximum atomic E-state index is 4.35. The van der Waals surface area contributed by atoms with Gasteiger partial charge in [0.05, 0.1) is 18.1 Å². The molecule has 1 aromatic heterocycles. The first kappa shape index (κ1) is 11.9. The number of hydrogen-bond acceptors (Lipinski definition) is 4. The van der Waals surface area contributed by atoms with Gasteiger partial charge in [0.1, 0.15) is 5.82 Å². The summed E-state index contributed by atoms with van der Waals surface area (Å²) in [4.78, 5) is 8.45. The fraction of sp³-hybridized carbons (Fsp3) is 0.167. The van der Waals surface area contributed by atoms with Gasteiger partial charge < -0.3 is 10.6 Å². The Bertz CT molecular complexity index is 528. The molecule has 88 valence electrons. The third-order valence-corrected chi connectivity index (χ3v) is 3.40. The molecule has 2 N–H and O–H groups in total. The number of aromatic nitrogens is 2. The minimum absolute atomic E-state index is 0.711. The molecule has 0 bridgehead atoms. The lowest BCUT2D eigenvalue weighted by Gasteiger charge is -2.09. The third kappa shape index (κ3) is 2.74. The molecule has 0 atom stereocenters. The van der Waals surface area contributed by atoms with Crippen molar-refractivity contribution in [1.82, 2.24) is 9.97 Å². The summed E-state index contributed by atoms with van der Waals surface area (Å²) in [6.45, 7) is 2.05. The molecule has 0 fully saturated rings. The predicted molar refractivity (Wildman–Crippen MR) is 73.7 cm³/mol. The molecule has 1 aromatic carbocycles. The number of halogens is 1. The van der Waals surface area contributed by atoms with Crippen LogP contribution in [-0.4, -0.2) is 17.0 Å². The van der Waals surface area contributed by atoms with Crippen LogP contribution in [0.3, 0.4) is 0 Å². The van der Waals surface area contributed by atoms with Gasteiger partial charge in [-0.2, -0.15) is 0 Å². The van der Waals surface area contributed by atoms with Crippen LogP contribution in [0.25, 0.3) is 0 Å². The summed E-state index contributed by atoms with van der Waals surface area (Å²) in [6.07, 6.45) is 3.37. The average molecular weight is 293 g/mol. The second-order valence-corrected chi connectivity index (χ2v) is 4.39. The van der Waals surface area contributed by atoms with Crippen molar-refractivity contribution < 1.29 is 0 Å². The lowest BCUT2D eigenvalue weighted by Crippen LogP contribution is -1.99. The molecule has 1 heterocycles. The van der Waals surface area contributed by atoms with Crippen LogP contribution in [0.15, 0.2) is 35.1 Å². The summed E-state index contributed by atoms with van der Waals surface area (Å²) in [5.74, 6) is 1.45. The molecule has 4 nitrogen and oxygen atoms in total. The van der Waals surface area contributed by atoms with Crippen molar-refractivity contribution >= 4 is 33.3 Å². The Hall–Kier alpha value is -1.62. The molecule has 0 saturated heterocycles. The molecule has 2 rings (SSSR count). The van der Waals surface area contributed by atoms with E-state index in [9.17, 15) is 0 Å². The predicted octanol–water partition coefficient (Wildman–Crippen LogP) is 3.33. The first-order chi connectivity index (χ1) is 8.20. The molecule has 0 aliphatic carbocycles. The van der Waals surface area contributed by atoms with E-state index in [0.717, 1.165) is 16.0 Å². The van der Waals surface area contributed by atoms with E-state index >= 15 is 0 Å². The first-order valence-corrected chi connectivity index (χ1v) is 6.02. The van der Waals surface area contributed by atoms with Crippen LogP contribution >= 0.6 is 15.9 Å². The van der Waals surface area contributed by atoms with Crippen molar-refractivity contribution in [2.45, 2.75) is 6.92 Å². The van der Waals surface area contributed by atoms with Crippen LogP contribution in [0, 0.1) is 6.92 Å². The lowest BCUT2D eigenvalue weighted by molar-refractivity contribution is 1.18. The summed E-state index contributed by atoms with van der Waals surface area (Å²) in [6, 6.07) is 6.04. The normalized spacial score (nSPS) is 10.1. The maximum absolute atomic E-state index is 4.35. The van der Waals surface area contributed by atoms with Crippen LogP contribution in [0.5, 0.6) is 0 Å². The highest BCUT2D eigenvalue weighted by atomic mass is 79.9. The molecule has 0 aliphatic rings. The Morgan fingerprint density at radius 1 is 1.18 bits per heavy atom. The molecule has 0 spiro atoms. The second-order valence-electron chi connectivity index (χ2n) is 3.60. The zero-order chi connectivity index (χ0) is 12.3. The second kappa shape index (κ2) is 5.14. The van der Waals surface area contributed by atoms with Crippen molar-refractivity contribution in [3.05, 3.63) is 40.6 Å². The van der Waals surface area contributed by atoms with Crippen LogP contribution in [-0.2, 0) is 0 Å². The molecule has 17 heavy (non-hydrogen) atoms. The van der Waals surface area contributed by atoms with E-state index < -0.39 is 0 Å². The SMILES string of the molecule is CNc1cncc(Nc2cccc(C)c2Br)n1. The highest BCUT2D eigenvalue weighted by Gasteiger charge is 2.03. The van der Waals surface area contributed by atoms with E-state index in [1.54, 1.807) is 12.4 Å². The summed E-state index contributed by atoms with van der Waals surface area (Å²) in [7, 11) is 1.82. The Morgan fingerprint density at radius 2 is 1.94 bits per heavy atom. The fourth-order valence-electron chi connectivity index (χ4n) is 1.43. The van der Waals surface area contributed by atoms with Crippen LogP contribution < -0.4 is 10.6 Å². The van der Waals surface area contributed by atoms with E-state index in [2.05, 4.69) is 36.5 Å². The molecule has 0 saturated carbocycles. The van der Waals surface area contributed by atoms with Crippen LogP contribution in [0.2, 0.25) is 0 Å². The van der Waals surface area contributed by atoms with E-state index in [1.807, 2.05) is 32.2 Å². The molecular formula is C12H13BrN4. The number of benzene rings is 1. The van der Waals surface area contributed by atoms with Crippen LogP contribution in [0.4, 0.5) is 17.3 Å². The molecule has 0 aliphatic heterocycles. The van der Waals surface area contributed by atoms with Gasteiger partial charge in [0, 0.05) is 11.5 Å². The number of aryl methyl sites for hydroxylation is 1.